The number of hydrogen-bond donors (Lipinski definition) is 2. The number of amides is 2. The summed E-state index contributed by atoms with van der Waals surface area (Å²) in [7, 11) is 0. The zero-order valence-corrected chi connectivity index (χ0v) is 13.8. The molecule has 1 aliphatic heterocycles. The van der Waals surface area contributed by atoms with E-state index >= 15 is 0 Å². The standard InChI is InChI=1S/C15H15BrFN5O/c16-10-7-18-14(19-8-10)22-6-5-13(9-22)21-15(23)20-12-3-1-11(17)2-4-12/h1-4,7-8,13H,5-6,9H2,(H2,20,21,23). The summed E-state index contributed by atoms with van der Waals surface area (Å²) in [6, 6.07) is 5.36. The maximum atomic E-state index is 12.8. The molecule has 1 fully saturated rings. The van der Waals surface area contributed by atoms with Crippen molar-refractivity contribution in [1.29, 1.82) is 0 Å². The fourth-order valence-corrected chi connectivity index (χ4v) is 2.62. The van der Waals surface area contributed by atoms with E-state index in [-0.39, 0.29) is 17.9 Å². The maximum Gasteiger partial charge on any atom is 0.319 e. The normalized spacial score (nSPS) is 17.1. The van der Waals surface area contributed by atoms with Crippen molar-refractivity contribution in [2.24, 2.45) is 0 Å². The third-order valence-electron chi connectivity index (χ3n) is 3.52. The third kappa shape index (κ3) is 4.16. The van der Waals surface area contributed by atoms with Crippen molar-refractivity contribution in [3.63, 3.8) is 0 Å². The van der Waals surface area contributed by atoms with Crippen molar-refractivity contribution in [2.75, 3.05) is 23.3 Å². The van der Waals surface area contributed by atoms with E-state index in [1.54, 1.807) is 12.4 Å². The van der Waals surface area contributed by atoms with Crippen LogP contribution in [0.3, 0.4) is 0 Å². The van der Waals surface area contributed by atoms with Gasteiger partial charge in [0.15, 0.2) is 0 Å². The van der Waals surface area contributed by atoms with Crippen molar-refractivity contribution in [3.8, 4) is 0 Å². The number of nitrogens with zero attached hydrogens (tertiary/aromatic N) is 3. The summed E-state index contributed by atoms with van der Waals surface area (Å²) in [6.07, 6.45) is 4.21. The summed E-state index contributed by atoms with van der Waals surface area (Å²) in [5.74, 6) is 0.313. The number of hydrogen-bond acceptors (Lipinski definition) is 4. The number of urea groups is 1. The molecule has 6 nitrogen and oxygen atoms in total. The number of halogens is 2. The van der Waals surface area contributed by atoms with Gasteiger partial charge in [-0.15, -0.1) is 0 Å². The fraction of sp³-hybridized carbons (Fsp3) is 0.267. The van der Waals surface area contributed by atoms with Crippen LogP contribution in [0.15, 0.2) is 41.1 Å². The number of rotatable bonds is 3. The van der Waals surface area contributed by atoms with E-state index in [4.69, 9.17) is 0 Å². The van der Waals surface area contributed by atoms with Crippen LogP contribution in [0.25, 0.3) is 0 Å². The van der Waals surface area contributed by atoms with E-state index in [1.165, 1.54) is 24.3 Å². The first-order chi connectivity index (χ1) is 11.1. The van der Waals surface area contributed by atoms with Gasteiger partial charge in [-0.1, -0.05) is 0 Å². The Bertz CT molecular complexity index is 679. The highest BCUT2D eigenvalue weighted by Gasteiger charge is 2.25. The highest BCUT2D eigenvalue weighted by Crippen LogP contribution is 2.17. The summed E-state index contributed by atoms with van der Waals surface area (Å²) >= 11 is 3.30. The van der Waals surface area contributed by atoms with Gasteiger partial charge in [-0.2, -0.15) is 0 Å². The van der Waals surface area contributed by atoms with E-state index in [1.807, 2.05) is 4.90 Å². The Morgan fingerprint density at radius 3 is 2.65 bits per heavy atom. The molecule has 1 unspecified atom stereocenters. The fourth-order valence-electron chi connectivity index (χ4n) is 2.41. The van der Waals surface area contributed by atoms with Gasteiger partial charge in [-0.25, -0.2) is 19.2 Å². The van der Waals surface area contributed by atoms with E-state index in [2.05, 4.69) is 36.5 Å². The number of nitrogens with one attached hydrogen (secondary N) is 2. The van der Waals surface area contributed by atoms with Crippen molar-refractivity contribution < 1.29 is 9.18 Å². The zero-order chi connectivity index (χ0) is 16.2. The number of benzene rings is 1. The molecule has 2 aromatic rings. The average Bonchev–Trinajstić information content (AvgIpc) is 2.98. The Labute approximate surface area is 141 Å². The molecular formula is C15H15BrFN5O. The Kier molecular flexibility index (Phi) is 4.71. The van der Waals surface area contributed by atoms with Gasteiger partial charge >= 0.3 is 6.03 Å². The quantitative estimate of drug-likeness (QED) is 0.859. The summed E-state index contributed by atoms with van der Waals surface area (Å²) in [5.41, 5.74) is 0.551. The van der Waals surface area contributed by atoms with Gasteiger partial charge in [-0.05, 0) is 46.6 Å². The lowest BCUT2D eigenvalue weighted by molar-refractivity contribution is 0.249. The van der Waals surface area contributed by atoms with Crippen LogP contribution >= 0.6 is 15.9 Å². The Balaban J connectivity index is 1.52. The monoisotopic (exact) mass is 379 g/mol. The Morgan fingerprint density at radius 2 is 1.96 bits per heavy atom. The second-order valence-corrected chi connectivity index (χ2v) is 6.15. The number of carbonyl (C=O) groups excluding carboxylic acids is 1. The van der Waals surface area contributed by atoms with Crippen LogP contribution in [0, 0.1) is 5.82 Å². The Morgan fingerprint density at radius 1 is 1.26 bits per heavy atom. The topological polar surface area (TPSA) is 70.2 Å². The molecule has 2 amide bonds. The lowest BCUT2D eigenvalue weighted by Crippen LogP contribution is -2.39. The summed E-state index contributed by atoms with van der Waals surface area (Å²) in [4.78, 5) is 22.5. The van der Waals surface area contributed by atoms with Gasteiger partial charge < -0.3 is 15.5 Å². The summed E-state index contributed by atoms with van der Waals surface area (Å²) in [6.45, 7) is 1.43. The molecule has 0 spiro atoms. The number of anilines is 2. The minimum absolute atomic E-state index is 0.0164. The SMILES string of the molecule is O=C(Nc1ccc(F)cc1)NC1CCN(c2ncc(Br)cn2)C1. The lowest BCUT2D eigenvalue weighted by Gasteiger charge is -2.17. The van der Waals surface area contributed by atoms with E-state index in [0.717, 1.165) is 17.4 Å². The van der Waals surface area contributed by atoms with Crippen molar-refractivity contribution in [3.05, 3.63) is 46.9 Å². The predicted molar refractivity (Wildman–Crippen MR) is 88.9 cm³/mol. The van der Waals surface area contributed by atoms with Crippen LogP contribution < -0.4 is 15.5 Å². The smallest absolute Gasteiger partial charge is 0.319 e. The molecule has 0 radical (unpaired) electrons. The molecule has 1 aliphatic rings. The molecular weight excluding hydrogens is 365 g/mol. The van der Waals surface area contributed by atoms with Crippen LogP contribution in [-0.4, -0.2) is 35.1 Å². The van der Waals surface area contributed by atoms with Gasteiger partial charge in [0.25, 0.3) is 0 Å². The van der Waals surface area contributed by atoms with Gasteiger partial charge in [0.2, 0.25) is 5.95 Å². The average molecular weight is 380 g/mol. The maximum absolute atomic E-state index is 12.8. The number of carbonyl (C=O) groups is 1. The van der Waals surface area contributed by atoms with Crippen molar-refractivity contribution >= 4 is 33.6 Å². The molecule has 1 saturated heterocycles. The molecule has 3 rings (SSSR count). The lowest BCUT2D eigenvalue weighted by atomic mass is 10.3. The van der Waals surface area contributed by atoms with Crippen LogP contribution in [-0.2, 0) is 0 Å². The van der Waals surface area contributed by atoms with Gasteiger partial charge in [0.05, 0.1) is 4.47 Å². The summed E-state index contributed by atoms with van der Waals surface area (Å²) in [5, 5.41) is 5.59. The molecule has 0 saturated carbocycles. The second kappa shape index (κ2) is 6.91. The first-order valence-corrected chi connectivity index (χ1v) is 7.95. The highest BCUT2D eigenvalue weighted by molar-refractivity contribution is 9.10. The highest BCUT2D eigenvalue weighted by atomic mass is 79.9. The predicted octanol–water partition coefficient (Wildman–Crippen LogP) is 2.78. The van der Waals surface area contributed by atoms with Crippen LogP contribution in [0.1, 0.15) is 6.42 Å². The third-order valence-corrected chi connectivity index (χ3v) is 3.92. The minimum Gasteiger partial charge on any atom is -0.339 e. The number of aromatic nitrogens is 2. The molecule has 0 aliphatic carbocycles. The van der Waals surface area contributed by atoms with Crippen molar-refractivity contribution in [1.82, 2.24) is 15.3 Å². The second-order valence-electron chi connectivity index (χ2n) is 5.24. The Hall–Kier alpha value is -2.22. The van der Waals surface area contributed by atoms with E-state index < -0.39 is 0 Å². The molecule has 1 aromatic heterocycles. The molecule has 0 bridgehead atoms. The molecule has 8 heteroatoms. The van der Waals surface area contributed by atoms with Gasteiger partial charge in [-0.3, -0.25) is 0 Å². The van der Waals surface area contributed by atoms with Crippen LogP contribution in [0.5, 0.6) is 0 Å². The largest absolute Gasteiger partial charge is 0.339 e. The van der Waals surface area contributed by atoms with Crippen LogP contribution in [0.4, 0.5) is 20.8 Å². The zero-order valence-electron chi connectivity index (χ0n) is 12.2. The van der Waals surface area contributed by atoms with Crippen molar-refractivity contribution in [2.45, 2.75) is 12.5 Å². The van der Waals surface area contributed by atoms with E-state index in [9.17, 15) is 9.18 Å². The first-order valence-electron chi connectivity index (χ1n) is 7.16. The molecule has 2 heterocycles. The van der Waals surface area contributed by atoms with E-state index in [0.29, 0.717) is 18.2 Å². The molecule has 1 aromatic carbocycles. The van der Waals surface area contributed by atoms with Gasteiger partial charge in [0.1, 0.15) is 5.82 Å². The summed E-state index contributed by atoms with van der Waals surface area (Å²) < 4.78 is 13.7. The molecule has 23 heavy (non-hydrogen) atoms. The van der Waals surface area contributed by atoms with Crippen LogP contribution in [0.2, 0.25) is 0 Å². The van der Waals surface area contributed by atoms with Gasteiger partial charge in [0, 0.05) is 37.2 Å². The minimum atomic E-state index is -0.336. The molecule has 120 valence electrons. The first kappa shape index (κ1) is 15.7. The molecule has 2 N–H and O–H groups in total. The molecule has 1 atom stereocenters.